The maximum Gasteiger partial charge on any atom is 0.416 e. The first kappa shape index (κ1) is 19.3. The highest BCUT2D eigenvalue weighted by Gasteiger charge is 2.31. The van der Waals surface area contributed by atoms with Crippen LogP contribution in [0.1, 0.15) is 5.56 Å². The third kappa shape index (κ3) is 5.16. The third-order valence-corrected chi connectivity index (χ3v) is 2.97. The zero-order chi connectivity index (χ0) is 18.3. The van der Waals surface area contributed by atoms with E-state index in [1.165, 1.54) is 0 Å². The van der Waals surface area contributed by atoms with Gasteiger partial charge in [-0.15, -0.1) is 0 Å². The van der Waals surface area contributed by atoms with E-state index >= 15 is 0 Å². The summed E-state index contributed by atoms with van der Waals surface area (Å²) in [5.41, 5.74) is 5.85. The average molecular weight is 375 g/mol. The van der Waals surface area contributed by atoms with Crippen LogP contribution in [-0.2, 0) is 6.18 Å². The molecule has 0 radical (unpaired) electrons. The second-order valence-electron chi connectivity index (χ2n) is 3.97. The Morgan fingerprint density at radius 2 is 1.75 bits per heavy atom. The molecule has 3 N–H and O–H groups in total. The number of hydrogen-bond donors (Lipinski definition) is 2. The normalized spacial score (nSPS) is 12.8. The highest BCUT2D eigenvalue weighted by molar-refractivity contribution is 6.39. The van der Waals surface area contributed by atoms with Crippen molar-refractivity contribution < 1.29 is 13.2 Å². The van der Waals surface area contributed by atoms with Crippen molar-refractivity contribution in [1.29, 1.82) is 10.5 Å². The SMILES string of the molecule is N#C/C(N)=C(C#N)/N=C/C=N/Nc1c(Cl)cc(C(F)(F)F)cc1Cl. The van der Waals surface area contributed by atoms with Gasteiger partial charge in [0.1, 0.15) is 17.8 Å². The van der Waals surface area contributed by atoms with E-state index < -0.39 is 11.7 Å². The number of halogens is 5. The fraction of sp³-hybridized carbons (Fsp3) is 0.0769. The van der Waals surface area contributed by atoms with Gasteiger partial charge in [-0.3, -0.25) is 5.43 Å². The Labute approximate surface area is 144 Å². The predicted octanol–water partition coefficient (Wildman–Crippen LogP) is 3.70. The Morgan fingerprint density at radius 1 is 1.17 bits per heavy atom. The topological polar surface area (TPSA) is 110 Å². The van der Waals surface area contributed by atoms with Gasteiger partial charge in [-0.05, 0) is 12.1 Å². The van der Waals surface area contributed by atoms with Gasteiger partial charge in [0.25, 0.3) is 0 Å². The number of nitrogens with two attached hydrogens (primary N) is 1. The molecule has 1 aromatic carbocycles. The number of nitrogens with zero attached hydrogens (tertiary/aromatic N) is 4. The van der Waals surface area contributed by atoms with E-state index in [0.29, 0.717) is 12.1 Å². The fourth-order valence-electron chi connectivity index (χ4n) is 1.30. The van der Waals surface area contributed by atoms with Gasteiger partial charge in [0.15, 0.2) is 5.70 Å². The highest BCUT2D eigenvalue weighted by Crippen LogP contribution is 2.38. The molecule has 0 aliphatic heterocycles. The molecule has 124 valence electrons. The third-order valence-electron chi connectivity index (χ3n) is 2.37. The molecule has 0 saturated heterocycles. The van der Waals surface area contributed by atoms with Gasteiger partial charge in [-0.1, -0.05) is 23.2 Å². The number of rotatable bonds is 4. The zero-order valence-corrected chi connectivity index (χ0v) is 13.1. The molecule has 0 heterocycles. The van der Waals surface area contributed by atoms with Crippen LogP contribution in [0.4, 0.5) is 18.9 Å². The van der Waals surface area contributed by atoms with E-state index in [9.17, 15) is 13.2 Å². The summed E-state index contributed by atoms with van der Waals surface area (Å²) in [6.07, 6.45) is -2.48. The van der Waals surface area contributed by atoms with Gasteiger partial charge < -0.3 is 5.73 Å². The predicted molar refractivity (Wildman–Crippen MR) is 84.5 cm³/mol. The summed E-state index contributed by atoms with van der Waals surface area (Å²) < 4.78 is 37.8. The first-order valence-electron chi connectivity index (χ1n) is 5.88. The van der Waals surface area contributed by atoms with Crippen molar-refractivity contribution in [2.45, 2.75) is 6.18 Å². The zero-order valence-electron chi connectivity index (χ0n) is 11.6. The lowest BCUT2D eigenvalue weighted by molar-refractivity contribution is -0.137. The lowest BCUT2D eigenvalue weighted by atomic mass is 10.2. The molecular formula is C13H7Cl2F3N6. The monoisotopic (exact) mass is 374 g/mol. The minimum atomic E-state index is -4.58. The summed E-state index contributed by atoms with van der Waals surface area (Å²) in [6, 6.07) is 4.55. The Kier molecular flexibility index (Phi) is 6.59. The van der Waals surface area contributed by atoms with Crippen LogP contribution < -0.4 is 11.2 Å². The summed E-state index contributed by atoms with van der Waals surface area (Å²) in [5.74, 6) is 0. The average Bonchev–Trinajstić information content (AvgIpc) is 2.51. The smallest absolute Gasteiger partial charge is 0.388 e. The maximum atomic E-state index is 12.6. The van der Waals surface area contributed by atoms with E-state index in [1.54, 1.807) is 12.1 Å². The molecule has 1 rings (SSSR count). The number of hydrogen-bond acceptors (Lipinski definition) is 6. The molecule has 0 bridgehead atoms. The first-order valence-corrected chi connectivity index (χ1v) is 6.64. The van der Waals surface area contributed by atoms with Crippen molar-refractivity contribution in [2.24, 2.45) is 15.8 Å². The second kappa shape index (κ2) is 8.20. The van der Waals surface area contributed by atoms with E-state index in [2.05, 4.69) is 15.5 Å². The van der Waals surface area contributed by atoms with Crippen LogP contribution in [0.15, 0.2) is 33.6 Å². The van der Waals surface area contributed by atoms with Crippen molar-refractivity contribution in [2.75, 3.05) is 5.43 Å². The van der Waals surface area contributed by atoms with Crippen molar-refractivity contribution >= 4 is 41.3 Å². The summed E-state index contributed by atoms with van der Waals surface area (Å²) in [7, 11) is 0. The Hall–Kier alpha value is -2.75. The number of nitriles is 2. The largest absolute Gasteiger partial charge is 0.416 e. The van der Waals surface area contributed by atoms with E-state index in [1.807, 2.05) is 0 Å². The van der Waals surface area contributed by atoms with Crippen molar-refractivity contribution in [3.8, 4) is 12.1 Å². The quantitative estimate of drug-likeness (QED) is 0.475. The summed E-state index contributed by atoms with van der Waals surface area (Å²) >= 11 is 11.5. The number of benzene rings is 1. The van der Waals surface area contributed by atoms with Crippen LogP contribution >= 0.6 is 23.2 Å². The van der Waals surface area contributed by atoms with Crippen LogP contribution in [0.2, 0.25) is 10.0 Å². The van der Waals surface area contributed by atoms with Gasteiger partial charge in [0.2, 0.25) is 0 Å². The summed E-state index contributed by atoms with van der Waals surface area (Å²) in [6.45, 7) is 0. The molecule has 6 nitrogen and oxygen atoms in total. The van der Waals surface area contributed by atoms with E-state index in [0.717, 1.165) is 12.4 Å². The molecule has 0 fully saturated rings. The minimum Gasteiger partial charge on any atom is -0.388 e. The van der Waals surface area contributed by atoms with Gasteiger partial charge in [-0.25, -0.2) is 4.99 Å². The van der Waals surface area contributed by atoms with Crippen molar-refractivity contribution in [1.82, 2.24) is 0 Å². The molecule has 0 atom stereocenters. The van der Waals surface area contributed by atoms with Crippen LogP contribution in [0.5, 0.6) is 0 Å². The van der Waals surface area contributed by atoms with Crippen LogP contribution in [0.3, 0.4) is 0 Å². The van der Waals surface area contributed by atoms with Crippen molar-refractivity contribution in [3.63, 3.8) is 0 Å². The van der Waals surface area contributed by atoms with Gasteiger partial charge in [0.05, 0.1) is 27.5 Å². The van der Waals surface area contributed by atoms with Gasteiger partial charge in [0, 0.05) is 6.21 Å². The molecule has 1 aromatic rings. The molecule has 24 heavy (non-hydrogen) atoms. The maximum absolute atomic E-state index is 12.6. The highest BCUT2D eigenvalue weighted by atomic mass is 35.5. The summed E-state index contributed by atoms with van der Waals surface area (Å²) in [4.78, 5) is 3.58. The van der Waals surface area contributed by atoms with Crippen LogP contribution in [0.25, 0.3) is 0 Å². The standard InChI is InChI=1S/C13H7Cl2F3N6/c14-8-3-7(13(16,17)18)4-9(15)12(8)24-23-2-1-22-11(6-20)10(21)5-19/h1-4,24H,21H2/b11-10-,22-1+,23-2+. The van der Waals surface area contributed by atoms with E-state index in [-0.39, 0.29) is 27.1 Å². The van der Waals surface area contributed by atoms with E-state index in [4.69, 9.17) is 39.5 Å². The van der Waals surface area contributed by atoms with Gasteiger partial charge >= 0.3 is 6.18 Å². The Bertz CT molecular complexity index is 776. The fourth-order valence-corrected chi connectivity index (χ4v) is 1.87. The molecule has 0 saturated carbocycles. The minimum absolute atomic E-state index is 0.0384. The molecule has 0 aliphatic rings. The lowest BCUT2D eigenvalue weighted by Crippen LogP contribution is -2.05. The van der Waals surface area contributed by atoms with Crippen molar-refractivity contribution in [3.05, 3.63) is 39.1 Å². The molecule has 11 heteroatoms. The number of nitrogens with one attached hydrogen (secondary N) is 1. The molecule has 0 amide bonds. The van der Waals surface area contributed by atoms with Gasteiger partial charge in [-0.2, -0.15) is 28.8 Å². The van der Waals surface area contributed by atoms with Crippen LogP contribution in [0, 0.1) is 22.7 Å². The number of alkyl halides is 3. The number of aliphatic imine (C=N–C) groups is 1. The Balaban J connectivity index is 2.90. The Morgan fingerprint density at radius 3 is 2.21 bits per heavy atom. The molecule has 0 aromatic heterocycles. The molecular weight excluding hydrogens is 368 g/mol. The summed E-state index contributed by atoms with van der Waals surface area (Å²) in [5, 5.41) is 20.3. The molecule has 0 aliphatic carbocycles. The second-order valence-corrected chi connectivity index (χ2v) is 4.78. The first-order chi connectivity index (χ1) is 11.2. The number of allylic oxidation sites excluding steroid dienone is 2. The molecule has 0 spiro atoms. The van der Waals surface area contributed by atoms with Crippen LogP contribution in [-0.4, -0.2) is 12.4 Å². The lowest BCUT2D eigenvalue weighted by Gasteiger charge is -2.11. The number of anilines is 1. The molecule has 0 unspecified atom stereocenters. The number of hydrazone groups is 1.